The second-order valence-electron chi connectivity index (χ2n) is 4.50. The molecule has 0 saturated heterocycles. The van der Waals surface area contributed by atoms with Crippen molar-refractivity contribution in [2.75, 3.05) is 5.73 Å². The number of hydrogen-bond donors (Lipinski definition) is 3. The molecule has 0 bridgehead atoms. The Labute approximate surface area is 113 Å². The zero-order valence-corrected chi connectivity index (χ0v) is 11.2. The van der Waals surface area contributed by atoms with Crippen molar-refractivity contribution in [3.05, 3.63) is 17.3 Å². The minimum Gasteiger partial charge on any atom is -0.396 e. The molecule has 2 amide bonds. The molecule has 5 N–H and O–H groups in total. The average molecular weight is 279 g/mol. The van der Waals surface area contributed by atoms with Gasteiger partial charge in [-0.2, -0.15) is 0 Å². The van der Waals surface area contributed by atoms with Crippen LogP contribution in [0.2, 0.25) is 0 Å². The van der Waals surface area contributed by atoms with Crippen LogP contribution in [0.25, 0.3) is 10.3 Å². The molecule has 2 aromatic rings. The normalized spacial score (nSPS) is 11.5. The maximum atomic E-state index is 12.1. The van der Waals surface area contributed by atoms with Crippen LogP contribution in [-0.2, 0) is 4.79 Å². The van der Waals surface area contributed by atoms with Crippen LogP contribution in [0.3, 0.4) is 0 Å². The number of nitrogens with one attached hydrogen (secondary N) is 1. The van der Waals surface area contributed by atoms with Crippen molar-refractivity contribution in [1.29, 1.82) is 0 Å². The monoisotopic (exact) mass is 279 g/mol. The molecule has 0 aliphatic heterocycles. The van der Waals surface area contributed by atoms with Crippen molar-refractivity contribution in [1.82, 2.24) is 15.3 Å². The zero-order chi connectivity index (χ0) is 14.2. The summed E-state index contributed by atoms with van der Waals surface area (Å²) in [6.07, 6.45) is 3.02. The summed E-state index contributed by atoms with van der Waals surface area (Å²) in [5.41, 5.74) is 10.7. The van der Waals surface area contributed by atoms with Crippen molar-refractivity contribution in [2.45, 2.75) is 19.4 Å². The number of anilines is 1. The summed E-state index contributed by atoms with van der Waals surface area (Å²) in [5, 5.41) is 2.54. The molecule has 0 atom stereocenters. The van der Waals surface area contributed by atoms with Gasteiger partial charge in [-0.15, -0.1) is 11.3 Å². The molecule has 2 aromatic heterocycles. The number of carbonyl (C=O) groups excluding carboxylic acids is 2. The third-order valence-corrected chi connectivity index (χ3v) is 3.71. The van der Waals surface area contributed by atoms with Crippen LogP contribution in [0.15, 0.2) is 12.4 Å². The van der Waals surface area contributed by atoms with E-state index < -0.39 is 17.4 Å². The molecule has 0 unspecified atom stereocenters. The lowest BCUT2D eigenvalue weighted by molar-refractivity contribution is -0.122. The Morgan fingerprint density at radius 2 is 1.95 bits per heavy atom. The third kappa shape index (κ3) is 2.34. The summed E-state index contributed by atoms with van der Waals surface area (Å²) >= 11 is 1.12. The van der Waals surface area contributed by atoms with Gasteiger partial charge in [0.05, 0.1) is 5.69 Å². The molecule has 7 nitrogen and oxygen atoms in total. The lowest BCUT2D eigenvalue weighted by Crippen LogP contribution is -2.52. The standard InChI is InChI=1S/C11H13N5O2S/c1-11(2,10(13)18)16-8(17)7-5(12)6-9(19-7)15-4-3-14-6/h3-4H,12H2,1-2H3,(H2,13,18)(H,16,17). The fourth-order valence-corrected chi connectivity index (χ4v) is 2.33. The fourth-order valence-electron chi connectivity index (χ4n) is 1.41. The SMILES string of the molecule is CC(C)(NC(=O)c1sc2nccnc2c1N)C(N)=O. The lowest BCUT2D eigenvalue weighted by Gasteiger charge is -2.21. The topological polar surface area (TPSA) is 124 Å². The van der Waals surface area contributed by atoms with Crippen LogP contribution >= 0.6 is 11.3 Å². The van der Waals surface area contributed by atoms with Crippen molar-refractivity contribution in [3.63, 3.8) is 0 Å². The molecule has 0 aliphatic carbocycles. The Balaban J connectivity index is 2.37. The van der Waals surface area contributed by atoms with Gasteiger partial charge in [0, 0.05) is 12.4 Å². The van der Waals surface area contributed by atoms with Crippen LogP contribution in [0.1, 0.15) is 23.5 Å². The smallest absolute Gasteiger partial charge is 0.264 e. The van der Waals surface area contributed by atoms with Gasteiger partial charge in [0.1, 0.15) is 20.8 Å². The minimum absolute atomic E-state index is 0.255. The number of thiophene rings is 1. The largest absolute Gasteiger partial charge is 0.396 e. The van der Waals surface area contributed by atoms with Crippen LogP contribution in [0, 0.1) is 0 Å². The van der Waals surface area contributed by atoms with E-state index in [2.05, 4.69) is 15.3 Å². The molecule has 8 heteroatoms. The van der Waals surface area contributed by atoms with Crippen molar-refractivity contribution in [3.8, 4) is 0 Å². The van der Waals surface area contributed by atoms with Crippen LogP contribution < -0.4 is 16.8 Å². The molecule has 0 saturated carbocycles. The second kappa shape index (κ2) is 4.47. The Morgan fingerprint density at radius 3 is 2.53 bits per heavy atom. The number of carbonyl (C=O) groups is 2. The zero-order valence-electron chi connectivity index (χ0n) is 10.4. The highest BCUT2D eigenvalue weighted by Crippen LogP contribution is 2.30. The molecule has 0 radical (unpaired) electrons. The van der Waals surface area contributed by atoms with Crippen LogP contribution in [0.5, 0.6) is 0 Å². The molecule has 2 heterocycles. The van der Waals surface area contributed by atoms with Gasteiger partial charge in [0.2, 0.25) is 5.91 Å². The van der Waals surface area contributed by atoms with E-state index in [1.54, 1.807) is 0 Å². The number of nitrogens with two attached hydrogens (primary N) is 2. The Morgan fingerprint density at radius 1 is 1.32 bits per heavy atom. The molecule has 100 valence electrons. The predicted octanol–water partition coefficient (Wildman–Crippen LogP) is 0.267. The van der Waals surface area contributed by atoms with E-state index in [4.69, 9.17) is 11.5 Å². The molecular formula is C11H13N5O2S. The summed E-state index contributed by atoms with van der Waals surface area (Å²) in [4.78, 5) is 32.3. The number of nitrogen functional groups attached to an aromatic ring is 1. The van der Waals surface area contributed by atoms with Gasteiger partial charge in [-0.1, -0.05) is 0 Å². The Bertz CT molecular complexity index is 664. The van der Waals surface area contributed by atoms with Crippen molar-refractivity contribution < 1.29 is 9.59 Å². The quantitative estimate of drug-likeness (QED) is 0.743. The van der Waals surface area contributed by atoms with Gasteiger partial charge in [-0.25, -0.2) is 9.97 Å². The maximum absolute atomic E-state index is 12.1. The maximum Gasteiger partial charge on any atom is 0.264 e. The summed E-state index contributed by atoms with van der Waals surface area (Å²) in [5.74, 6) is -1.09. The number of fused-ring (bicyclic) bond motifs is 1. The van der Waals surface area contributed by atoms with Gasteiger partial charge in [-0.3, -0.25) is 9.59 Å². The fraction of sp³-hybridized carbons (Fsp3) is 0.273. The number of aromatic nitrogens is 2. The summed E-state index contributed by atoms with van der Waals surface area (Å²) in [6, 6.07) is 0. The highest BCUT2D eigenvalue weighted by atomic mass is 32.1. The number of rotatable bonds is 3. The Hall–Kier alpha value is -2.22. The van der Waals surface area contributed by atoms with Gasteiger partial charge < -0.3 is 16.8 Å². The number of amides is 2. The lowest BCUT2D eigenvalue weighted by atomic mass is 10.1. The van der Waals surface area contributed by atoms with E-state index in [1.807, 2.05) is 0 Å². The third-order valence-electron chi connectivity index (χ3n) is 2.61. The van der Waals surface area contributed by atoms with Crippen molar-refractivity contribution in [2.24, 2.45) is 5.73 Å². The highest BCUT2D eigenvalue weighted by Gasteiger charge is 2.29. The first-order valence-electron chi connectivity index (χ1n) is 5.44. The number of hydrogen-bond acceptors (Lipinski definition) is 6. The molecule has 0 spiro atoms. The van der Waals surface area contributed by atoms with Gasteiger partial charge in [0.15, 0.2) is 0 Å². The molecular weight excluding hydrogens is 266 g/mol. The van der Waals surface area contributed by atoms with Gasteiger partial charge in [0.25, 0.3) is 5.91 Å². The molecule has 0 fully saturated rings. The average Bonchev–Trinajstić information content (AvgIpc) is 2.67. The molecule has 0 aliphatic rings. The number of primary amides is 1. The van der Waals surface area contributed by atoms with E-state index in [0.29, 0.717) is 10.3 Å². The molecule has 2 rings (SSSR count). The van der Waals surface area contributed by atoms with E-state index in [9.17, 15) is 9.59 Å². The predicted molar refractivity (Wildman–Crippen MR) is 72.6 cm³/mol. The van der Waals surface area contributed by atoms with E-state index in [1.165, 1.54) is 26.2 Å². The summed E-state index contributed by atoms with van der Waals surface area (Å²) in [7, 11) is 0. The van der Waals surface area contributed by atoms with E-state index in [0.717, 1.165) is 11.3 Å². The van der Waals surface area contributed by atoms with Gasteiger partial charge in [-0.05, 0) is 13.8 Å². The van der Waals surface area contributed by atoms with Crippen LogP contribution in [-0.4, -0.2) is 27.3 Å². The minimum atomic E-state index is -1.15. The molecule has 19 heavy (non-hydrogen) atoms. The van der Waals surface area contributed by atoms with Gasteiger partial charge >= 0.3 is 0 Å². The first-order chi connectivity index (χ1) is 8.83. The highest BCUT2D eigenvalue weighted by molar-refractivity contribution is 7.21. The Kier molecular flexibility index (Phi) is 3.11. The first-order valence-corrected chi connectivity index (χ1v) is 6.26. The van der Waals surface area contributed by atoms with Crippen LogP contribution in [0.4, 0.5) is 5.69 Å². The summed E-state index contributed by atoms with van der Waals surface area (Å²) in [6.45, 7) is 3.04. The first kappa shape index (κ1) is 13.2. The second-order valence-corrected chi connectivity index (χ2v) is 5.50. The molecule has 0 aromatic carbocycles. The van der Waals surface area contributed by atoms with E-state index in [-0.39, 0.29) is 10.6 Å². The van der Waals surface area contributed by atoms with Crippen molar-refractivity contribution >= 4 is 39.2 Å². The summed E-state index contributed by atoms with van der Waals surface area (Å²) < 4.78 is 0. The van der Waals surface area contributed by atoms with E-state index >= 15 is 0 Å². The number of nitrogens with zero attached hydrogens (tertiary/aromatic N) is 2.